The van der Waals surface area contributed by atoms with E-state index in [2.05, 4.69) is 34.9 Å². The highest BCUT2D eigenvalue weighted by Gasteiger charge is 2.19. The summed E-state index contributed by atoms with van der Waals surface area (Å²) in [7, 11) is 0. The molecule has 0 saturated heterocycles. The van der Waals surface area contributed by atoms with E-state index in [1.54, 1.807) is 0 Å². The SMILES string of the molecule is CCCC(=O)NCC1NCCc2ccccc21.Cl. The zero-order chi connectivity index (χ0) is 12.1. The third kappa shape index (κ3) is 3.72. The predicted molar refractivity (Wildman–Crippen MR) is 76.1 cm³/mol. The molecule has 0 fully saturated rings. The van der Waals surface area contributed by atoms with Crippen molar-refractivity contribution in [1.29, 1.82) is 0 Å². The van der Waals surface area contributed by atoms with E-state index >= 15 is 0 Å². The van der Waals surface area contributed by atoms with Gasteiger partial charge in [0, 0.05) is 19.0 Å². The fourth-order valence-corrected chi connectivity index (χ4v) is 2.31. The molecular weight excluding hydrogens is 248 g/mol. The molecule has 2 rings (SSSR count). The summed E-state index contributed by atoms with van der Waals surface area (Å²) < 4.78 is 0. The maximum Gasteiger partial charge on any atom is 0.220 e. The third-order valence-corrected chi connectivity index (χ3v) is 3.20. The van der Waals surface area contributed by atoms with Gasteiger partial charge < -0.3 is 10.6 Å². The van der Waals surface area contributed by atoms with Crippen LogP contribution in [0.25, 0.3) is 0 Å². The van der Waals surface area contributed by atoms with E-state index in [1.165, 1.54) is 11.1 Å². The van der Waals surface area contributed by atoms with Crippen LogP contribution in [-0.4, -0.2) is 19.0 Å². The van der Waals surface area contributed by atoms with Gasteiger partial charge in [-0.3, -0.25) is 4.79 Å². The molecule has 18 heavy (non-hydrogen) atoms. The quantitative estimate of drug-likeness (QED) is 0.879. The molecule has 0 aliphatic carbocycles. The van der Waals surface area contributed by atoms with Crippen molar-refractivity contribution in [2.45, 2.75) is 32.2 Å². The maximum absolute atomic E-state index is 11.5. The van der Waals surface area contributed by atoms with Gasteiger partial charge in [-0.2, -0.15) is 0 Å². The lowest BCUT2D eigenvalue weighted by atomic mass is 9.94. The first kappa shape index (κ1) is 15.0. The Bertz CT molecular complexity index is 395. The summed E-state index contributed by atoms with van der Waals surface area (Å²) >= 11 is 0. The number of benzene rings is 1. The first-order valence-corrected chi connectivity index (χ1v) is 6.39. The van der Waals surface area contributed by atoms with E-state index in [0.29, 0.717) is 13.0 Å². The Kier molecular flexibility index (Phi) is 6.16. The largest absolute Gasteiger partial charge is 0.354 e. The van der Waals surface area contributed by atoms with Crippen LogP contribution in [0.15, 0.2) is 24.3 Å². The van der Waals surface area contributed by atoms with Crippen LogP contribution in [0.1, 0.15) is 36.9 Å². The molecule has 0 bridgehead atoms. The molecule has 1 aliphatic heterocycles. The summed E-state index contributed by atoms with van der Waals surface area (Å²) in [5.74, 6) is 0.150. The molecule has 3 nitrogen and oxygen atoms in total. The van der Waals surface area contributed by atoms with Crippen LogP contribution in [-0.2, 0) is 11.2 Å². The molecule has 1 amide bonds. The number of fused-ring (bicyclic) bond motifs is 1. The van der Waals surface area contributed by atoms with Crippen molar-refractivity contribution in [2.24, 2.45) is 0 Å². The van der Waals surface area contributed by atoms with E-state index in [1.807, 2.05) is 6.92 Å². The Morgan fingerprint density at radius 3 is 3.00 bits per heavy atom. The molecule has 1 unspecified atom stereocenters. The van der Waals surface area contributed by atoms with Crippen molar-refractivity contribution in [3.05, 3.63) is 35.4 Å². The van der Waals surface area contributed by atoms with E-state index in [0.717, 1.165) is 19.4 Å². The van der Waals surface area contributed by atoms with Gasteiger partial charge in [0.25, 0.3) is 0 Å². The average molecular weight is 269 g/mol. The third-order valence-electron chi connectivity index (χ3n) is 3.20. The Hall–Kier alpha value is -1.06. The highest BCUT2D eigenvalue weighted by atomic mass is 35.5. The number of hydrogen-bond donors (Lipinski definition) is 2. The van der Waals surface area contributed by atoms with Crippen LogP contribution < -0.4 is 10.6 Å². The second-order valence-electron chi connectivity index (χ2n) is 4.51. The Balaban J connectivity index is 0.00000162. The molecule has 1 aromatic rings. The van der Waals surface area contributed by atoms with Crippen LogP contribution >= 0.6 is 12.4 Å². The standard InChI is InChI=1S/C14H20N2O.ClH/c1-2-5-14(17)16-10-13-12-7-4-3-6-11(12)8-9-15-13;/h3-4,6-7,13,15H,2,5,8-10H2,1H3,(H,16,17);1H. The minimum absolute atomic E-state index is 0. The van der Waals surface area contributed by atoms with Gasteiger partial charge in [0.05, 0.1) is 0 Å². The first-order chi connectivity index (χ1) is 8.31. The zero-order valence-corrected chi connectivity index (χ0v) is 11.6. The fraction of sp³-hybridized carbons (Fsp3) is 0.500. The molecule has 1 aliphatic rings. The Morgan fingerprint density at radius 2 is 2.22 bits per heavy atom. The number of amides is 1. The van der Waals surface area contributed by atoms with Crippen molar-refractivity contribution >= 4 is 18.3 Å². The minimum Gasteiger partial charge on any atom is -0.354 e. The summed E-state index contributed by atoms with van der Waals surface area (Å²) in [5, 5.41) is 6.45. The van der Waals surface area contributed by atoms with E-state index in [4.69, 9.17) is 0 Å². The molecule has 0 radical (unpaired) electrons. The second-order valence-corrected chi connectivity index (χ2v) is 4.51. The maximum atomic E-state index is 11.5. The van der Waals surface area contributed by atoms with Crippen LogP contribution in [0.2, 0.25) is 0 Å². The van der Waals surface area contributed by atoms with Crippen molar-refractivity contribution in [3.63, 3.8) is 0 Å². The summed E-state index contributed by atoms with van der Waals surface area (Å²) in [5.41, 5.74) is 2.73. The first-order valence-electron chi connectivity index (χ1n) is 6.39. The molecule has 2 N–H and O–H groups in total. The van der Waals surface area contributed by atoms with Crippen LogP contribution in [0.5, 0.6) is 0 Å². The molecule has 1 atom stereocenters. The van der Waals surface area contributed by atoms with Gasteiger partial charge in [0.15, 0.2) is 0 Å². The topological polar surface area (TPSA) is 41.1 Å². The minimum atomic E-state index is 0. The normalized spacial score (nSPS) is 17.5. The highest BCUT2D eigenvalue weighted by Crippen LogP contribution is 2.21. The van der Waals surface area contributed by atoms with Gasteiger partial charge in [-0.15, -0.1) is 12.4 Å². The van der Waals surface area contributed by atoms with Crippen LogP contribution in [0, 0.1) is 0 Å². The number of carbonyl (C=O) groups is 1. The van der Waals surface area contributed by atoms with E-state index in [-0.39, 0.29) is 24.4 Å². The van der Waals surface area contributed by atoms with E-state index in [9.17, 15) is 4.79 Å². The van der Waals surface area contributed by atoms with Gasteiger partial charge in [-0.1, -0.05) is 31.2 Å². The van der Waals surface area contributed by atoms with E-state index < -0.39 is 0 Å². The Morgan fingerprint density at radius 1 is 1.44 bits per heavy atom. The molecule has 0 saturated carbocycles. The molecule has 1 heterocycles. The lowest BCUT2D eigenvalue weighted by Crippen LogP contribution is -2.38. The average Bonchev–Trinajstić information content (AvgIpc) is 2.36. The summed E-state index contributed by atoms with van der Waals surface area (Å²) in [6.45, 7) is 3.70. The number of carbonyl (C=O) groups excluding carboxylic acids is 1. The summed E-state index contributed by atoms with van der Waals surface area (Å²) in [4.78, 5) is 11.5. The fourth-order valence-electron chi connectivity index (χ4n) is 2.31. The molecule has 0 spiro atoms. The predicted octanol–water partition coefficient (Wildman–Crippen LogP) is 2.21. The second kappa shape index (κ2) is 7.39. The van der Waals surface area contributed by atoms with Crippen molar-refractivity contribution in [3.8, 4) is 0 Å². The van der Waals surface area contributed by atoms with Crippen LogP contribution in [0.4, 0.5) is 0 Å². The van der Waals surface area contributed by atoms with Gasteiger partial charge in [0.2, 0.25) is 5.91 Å². The summed E-state index contributed by atoms with van der Waals surface area (Å²) in [6.07, 6.45) is 2.60. The number of rotatable bonds is 4. The molecule has 0 aromatic heterocycles. The lowest BCUT2D eigenvalue weighted by Gasteiger charge is -2.27. The molecule has 1 aromatic carbocycles. The van der Waals surface area contributed by atoms with Crippen molar-refractivity contribution < 1.29 is 4.79 Å². The molecular formula is C14H21ClN2O. The van der Waals surface area contributed by atoms with Gasteiger partial charge >= 0.3 is 0 Å². The Labute approximate surface area is 115 Å². The number of halogens is 1. The zero-order valence-electron chi connectivity index (χ0n) is 10.7. The van der Waals surface area contributed by atoms with Gasteiger partial charge in [-0.05, 0) is 30.5 Å². The summed E-state index contributed by atoms with van der Waals surface area (Å²) in [6, 6.07) is 8.74. The van der Waals surface area contributed by atoms with Crippen molar-refractivity contribution in [2.75, 3.05) is 13.1 Å². The van der Waals surface area contributed by atoms with Crippen molar-refractivity contribution in [1.82, 2.24) is 10.6 Å². The molecule has 100 valence electrons. The monoisotopic (exact) mass is 268 g/mol. The smallest absolute Gasteiger partial charge is 0.220 e. The lowest BCUT2D eigenvalue weighted by molar-refractivity contribution is -0.121. The van der Waals surface area contributed by atoms with Crippen LogP contribution in [0.3, 0.4) is 0 Å². The van der Waals surface area contributed by atoms with Gasteiger partial charge in [0.1, 0.15) is 0 Å². The number of nitrogens with one attached hydrogen (secondary N) is 2. The highest BCUT2D eigenvalue weighted by molar-refractivity contribution is 5.85. The number of hydrogen-bond acceptors (Lipinski definition) is 2. The van der Waals surface area contributed by atoms with Gasteiger partial charge in [-0.25, -0.2) is 0 Å². The molecule has 4 heteroatoms.